The van der Waals surface area contributed by atoms with Gasteiger partial charge in [0.05, 0.1) is 5.69 Å². The Balaban J connectivity index is 2.07. The molecule has 1 aromatic heterocycles. The molecule has 0 unspecified atom stereocenters. The fourth-order valence-electron chi connectivity index (χ4n) is 2.12. The molecule has 0 fully saturated rings. The second-order valence-corrected chi connectivity index (χ2v) is 4.93. The van der Waals surface area contributed by atoms with Gasteiger partial charge in [0.25, 0.3) is 0 Å². The molecule has 0 amide bonds. The monoisotopic (exact) mass is 258 g/mol. The van der Waals surface area contributed by atoms with Crippen LogP contribution < -0.4 is 10.2 Å². The summed E-state index contributed by atoms with van der Waals surface area (Å²) in [5.41, 5.74) is 4.77. The van der Waals surface area contributed by atoms with Crippen LogP contribution in [0.3, 0.4) is 0 Å². The Labute approximate surface area is 115 Å². The zero-order chi connectivity index (χ0) is 13.8. The SMILES string of the molecule is CCc1nn(C)cc1CNc1cccc(N(C)C)c1. The lowest BCUT2D eigenvalue weighted by molar-refractivity contribution is 0.746. The Morgan fingerprint density at radius 3 is 2.79 bits per heavy atom. The second-order valence-electron chi connectivity index (χ2n) is 4.93. The Hall–Kier alpha value is -1.97. The van der Waals surface area contributed by atoms with Crippen LogP contribution in [-0.4, -0.2) is 23.9 Å². The summed E-state index contributed by atoms with van der Waals surface area (Å²) in [7, 11) is 6.07. The zero-order valence-corrected chi connectivity index (χ0v) is 12.1. The summed E-state index contributed by atoms with van der Waals surface area (Å²) >= 11 is 0. The molecule has 19 heavy (non-hydrogen) atoms. The zero-order valence-electron chi connectivity index (χ0n) is 12.1. The van der Waals surface area contributed by atoms with Crippen molar-refractivity contribution in [1.29, 1.82) is 0 Å². The molecule has 0 aliphatic rings. The molecule has 0 radical (unpaired) electrons. The number of nitrogens with zero attached hydrogens (tertiary/aromatic N) is 3. The highest BCUT2D eigenvalue weighted by molar-refractivity contribution is 5.57. The smallest absolute Gasteiger partial charge is 0.0671 e. The van der Waals surface area contributed by atoms with E-state index in [1.807, 2.05) is 11.7 Å². The van der Waals surface area contributed by atoms with Gasteiger partial charge in [0.2, 0.25) is 0 Å². The molecule has 102 valence electrons. The van der Waals surface area contributed by atoms with Crippen LogP contribution in [0.1, 0.15) is 18.2 Å². The fourth-order valence-corrected chi connectivity index (χ4v) is 2.12. The minimum atomic E-state index is 0.813. The summed E-state index contributed by atoms with van der Waals surface area (Å²) in [5, 5.41) is 7.92. The van der Waals surface area contributed by atoms with E-state index in [4.69, 9.17) is 0 Å². The van der Waals surface area contributed by atoms with Crippen LogP contribution in [0.25, 0.3) is 0 Å². The van der Waals surface area contributed by atoms with Crippen molar-refractivity contribution in [1.82, 2.24) is 9.78 Å². The molecule has 0 saturated carbocycles. The first-order valence-electron chi connectivity index (χ1n) is 6.62. The number of aromatic nitrogens is 2. The molecule has 1 heterocycles. The van der Waals surface area contributed by atoms with E-state index in [2.05, 4.69) is 66.8 Å². The standard InChI is InChI=1S/C15H22N4/c1-5-15-12(11-19(4)17-15)10-16-13-7-6-8-14(9-13)18(2)3/h6-9,11,16H,5,10H2,1-4H3. The van der Waals surface area contributed by atoms with Crippen LogP contribution in [0.2, 0.25) is 0 Å². The van der Waals surface area contributed by atoms with E-state index in [-0.39, 0.29) is 0 Å². The Morgan fingerprint density at radius 2 is 2.11 bits per heavy atom. The first-order valence-corrected chi connectivity index (χ1v) is 6.62. The van der Waals surface area contributed by atoms with Crippen molar-refractivity contribution in [2.75, 3.05) is 24.3 Å². The Kier molecular flexibility index (Phi) is 4.10. The number of aryl methyl sites for hydroxylation is 2. The summed E-state index contributed by atoms with van der Waals surface area (Å²) in [4.78, 5) is 2.10. The highest BCUT2D eigenvalue weighted by atomic mass is 15.3. The van der Waals surface area contributed by atoms with Gasteiger partial charge in [-0.1, -0.05) is 13.0 Å². The molecule has 4 nitrogen and oxygen atoms in total. The van der Waals surface area contributed by atoms with Gasteiger partial charge in [-0.2, -0.15) is 5.10 Å². The highest BCUT2D eigenvalue weighted by Gasteiger charge is 2.05. The topological polar surface area (TPSA) is 33.1 Å². The van der Waals surface area contributed by atoms with Gasteiger partial charge >= 0.3 is 0 Å². The van der Waals surface area contributed by atoms with Gasteiger partial charge in [-0.25, -0.2) is 0 Å². The van der Waals surface area contributed by atoms with Crippen molar-refractivity contribution in [3.8, 4) is 0 Å². The minimum absolute atomic E-state index is 0.813. The predicted octanol–water partition coefficient (Wildman–Crippen LogP) is 2.66. The van der Waals surface area contributed by atoms with Crippen LogP contribution in [0.5, 0.6) is 0 Å². The molecular formula is C15H22N4. The molecule has 0 aliphatic heterocycles. The molecule has 1 aromatic carbocycles. The van der Waals surface area contributed by atoms with Crippen molar-refractivity contribution in [3.63, 3.8) is 0 Å². The molecule has 0 saturated heterocycles. The lowest BCUT2D eigenvalue weighted by Crippen LogP contribution is -2.09. The summed E-state index contributed by atoms with van der Waals surface area (Å²) < 4.78 is 1.88. The maximum Gasteiger partial charge on any atom is 0.0671 e. The maximum atomic E-state index is 4.46. The number of nitrogens with one attached hydrogen (secondary N) is 1. The molecule has 1 N–H and O–H groups in total. The van der Waals surface area contributed by atoms with Crippen molar-refractivity contribution >= 4 is 11.4 Å². The predicted molar refractivity (Wildman–Crippen MR) is 80.7 cm³/mol. The lowest BCUT2D eigenvalue weighted by atomic mass is 10.2. The molecule has 4 heteroatoms. The van der Waals surface area contributed by atoms with Gasteiger partial charge in [-0.3, -0.25) is 4.68 Å². The minimum Gasteiger partial charge on any atom is -0.381 e. The second kappa shape index (κ2) is 5.78. The lowest BCUT2D eigenvalue weighted by Gasteiger charge is -2.14. The number of benzene rings is 1. The summed E-state index contributed by atoms with van der Waals surface area (Å²) in [6.45, 7) is 2.95. The highest BCUT2D eigenvalue weighted by Crippen LogP contribution is 2.18. The van der Waals surface area contributed by atoms with E-state index in [9.17, 15) is 0 Å². The summed E-state index contributed by atoms with van der Waals surface area (Å²) in [6, 6.07) is 8.42. The van der Waals surface area contributed by atoms with Crippen LogP contribution in [-0.2, 0) is 20.0 Å². The van der Waals surface area contributed by atoms with Crippen molar-refractivity contribution in [3.05, 3.63) is 41.7 Å². The Morgan fingerprint density at radius 1 is 1.32 bits per heavy atom. The van der Waals surface area contributed by atoms with Gasteiger partial charge in [0.15, 0.2) is 0 Å². The van der Waals surface area contributed by atoms with E-state index in [0.717, 1.165) is 18.7 Å². The third kappa shape index (κ3) is 3.28. The number of anilines is 2. The van der Waals surface area contributed by atoms with Gasteiger partial charge in [-0.05, 0) is 24.6 Å². The molecule has 0 atom stereocenters. The first kappa shape index (κ1) is 13.5. The van der Waals surface area contributed by atoms with Crippen molar-refractivity contribution in [2.45, 2.75) is 19.9 Å². The summed E-state index contributed by atoms with van der Waals surface area (Å²) in [5.74, 6) is 0. The average Bonchev–Trinajstić information content (AvgIpc) is 2.77. The largest absolute Gasteiger partial charge is 0.381 e. The third-order valence-corrected chi connectivity index (χ3v) is 3.17. The Bertz CT molecular complexity index is 543. The first-order chi connectivity index (χ1) is 9.10. The van der Waals surface area contributed by atoms with Crippen molar-refractivity contribution in [2.24, 2.45) is 7.05 Å². The van der Waals surface area contributed by atoms with E-state index < -0.39 is 0 Å². The molecule has 0 spiro atoms. The van der Waals surface area contributed by atoms with E-state index >= 15 is 0 Å². The normalized spacial score (nSPS) is 10.5. The van der Waals surface area contributed by atoms with E-state index in [0.29, 0.717) is 0 Å². The van der Waals surface area contributed by atoms with Gasteiger partial charge in [0, 0.05) is 50.8 Å². The fraction of sp³-hybridized carbons (Fsp3) is 0.400. The summed E-state index contributed by atoms with van der Waals surface area (Å²) in [6.07, 6.45) is 3.05. The van der Waals surface area contributed by atoms with Crippen molar-refractivity contribution < 1.29 is 0 Å². The van der Waals surface area contributed by atoms with Gasteiger partial charge in [-0.15, -0.1) is 0 Å². The molecular weight excluding hydrogens is 236 g/mol. The van der Waals surface area contributed by atoms with Crippen LogP contribution in [0.15, 0.2) is 30.5 Å². The number of rotatable bonds is 5. The number of hydrogen-bond donors (Lipinski definition) is 1. The van der Waals surface area contributed by atoms with Crippen LogP contribution in [0, 0.1) is 0 Å². The molecule has 0 bridgehead atoms. The quantitative estimate of drug-likeness (QED) is 0.895. The van der Waals surface area contributed by atoms with E-state index in [1.54, 1.807) is 0 Å². The van der Waals surface area contributed by atoms with Crippen LogP contribution >= 0.6 is 0 Å². The molecule has 2 aromatic rings. The number of hydrogen-bond acceptors (Lipinski definition) is 3. The molecule has 2 rings (SSSR count). The maximum absolute atomic E-state index is 4.46. The van der Waals surface area contributed by atoms with Crippen LogP contribution in [0.4, 0.5) is 11.4 Å². The average molecular weight is 258 g/mol. The molecule has 0 aliphatic carbocycles. The van der Waals surface area contributed by atoms with Gasteiger partial charge < -0.3 is 10.2 Å². The third-order valence-electron chi connectivity index (χ3n) is 3.17. The van der Waals surface area contributed by atoms with Gasteiger partial charge in [0.1, 0.15) is 0 Å². The van der Waals surface area contributed by atoms with E-state index in [1.165, 1.54) is 16.9 Å².